The molecule has 238 valence electrons. The van der Waals surface area contributed by atoms with Crippen LogP contribution in [0.5, 0.6) is 11.5 Å². The maximum Gasteiger partial charge on any atom is 0.338 e. The standard InChI is InChI=1S/C41H47N2O3/c1-9-42-34-20-36-32(18-30(34)25(3)22-40(42,5)6)38(28-16-11-12-17-29(28)39(44)45-24-27-14-13-15-27)33-19-31-26(4)23-41(7,8)43(10-2)35(31)21-37(33)46-36/h11-12,16-23,27H,9-10,13-15,24H2,1-8H3/q+1. The summed E-state index contributed by atoms with van der Waals surface area (Å²) in [6, 6.07) is 17.0. The molecule has 5 heteroatoms. The third-order valence-corrected chi connectivity index (χ3v) is 10.6. The molecule has 5 nitrogen and oxygen atoms in total. The van der Waals surface area contributed by atoms with Crippen molar-refractivity contribution in [1.29, 1.82) is 0 Å². The van der Waals surface area contributed by atoms with Crippen molar-refractivity contribution in [2.45, 2.75) is 85.7 Å². The molecule has 1 aliphatic carbocycles. The van der Waals surface area contributed by atoms with Gasteiger partial charge in [0.15, 0.2) is 5.54 Å². The fourth-order valence-corrected chi connectivity index (χ4v) is 8.29. The molecule has 0 N–H and O–H groups in total. The number of hydrogen-bond donors (Lipinski definition) is 0. The summed E-state index contributed by atoms with van der Waals surface area (Å²) in [5.41, 5.74) is 9.31. The van der Waals surface area contributed by atoms with E-state index < -0.39 is 0 Å². The number of benzene rings is 3. The number of allylic oxidation sites excluding steroid dienone is 2. The van der Waals surface area contributed by atoms with Crippen LogP contribution in [0.4, 0.5) is 5.69 Å². The lowest BCUT2D eigenvalue weighted by molar-refractivity contribution is 0.0371. The molecule has 0 spiro atoms. The highest BCUT2D eigenvalue weighted by atomic mass is 16.5. The smallest absolute Gasteiger partial charge is 0.338 e. The van der Waals surface area contributed by atoms with Gasteiger partial charge in [0.05, 0.1) is 23.8 Å². The van der Waals surface area contributed by atoms with E-state index in [-0.39, 0.29) is 17.0 Å². The van der Waals surface area contributed by atoms with Crippen LogP contribution >= 0.6 is 0 Å². The quantitative estimate of drug-likeness (QED) is 0.165. The molecule has 0 saturated heterocycles. The third-order valence-electron chi connectivity index (χ3n) is 10.6. The number of carbonyl (C=O) groups excluding carboxylic acids is 1. The van der Waals surface area contributed by atoms with Gasteiger partial charge in [0.25, 0.3) is 0 Å². The van der Waals surface area contributed by atoms with Gasteiger partial charge >= 0.3 is 5.97 Å². The molecule has 0 radical (unpaired) electrons. The number of anilines is 1. The zero-order chi connectivity index (χ0) is 32.5. The van der Waals surface area contributed by atoms with Gasteiger partial charge in [0.1, 0.15) is 18.0 Å². The van der Waals surface area contributed by atoms with E-state index in [2.05, 4.69) is 107 Å². The Morgan fingerprint density at radius 2 is 1.65 bits per heavy atom. The third kappa shape index (κ3) is 4.82. The maximum absolute atomic E-state index is 13.8. The van der Waals surface area contributed by atoms with Crippen LogP contribution in [0, 0.1) is 5.92 Å². The normalized spacial score (nSPS) is 19.1. The Kier molecular flexibility index (Phi) is 7.30. The molecule has 3 heterocycles. The predicted molar refractivity (Wildman–Crippen MR) is 188 cm³/mol. The summed E-state index contributed by atoms with van der Waals surface area (Å²) >= 11 is 0. The van der Waals surface area contributed by atoms with Crippen molar-refractivity contribution in [3.8, 4) is 11.5 Å². The van der Waals surface area contributed by atoms with Gasteiger partial charge in [0, 0.05) is 59.6 Å². The highest BCUT2D eigenvalue weighted by molar-refractivity contribution is 6.00. The summed E-state index contributed by atoms with van der Waals surface area (Å²) in [6.07, 6.45) is 8.22. The van der Waals surface area contributed by atoms with Crippen LogP contribution in [0.1, 0.15) is 107 Å². The van der Waals surface area contributed by atoms with Gasteiger partial charge in [-0.25, -0.2) is 9.37 Å². The van der Waals surface area contributed by atoms with Crippen LogP contribution in [0.15, 0.2) is 60.7 Å². The predicted octanol–water partition coefficient (Wildman–Crippen LogP) is 7.72. The molecular weight excluding hydrogens is 568 g/mol. The molecule has 46 heavy (non-hydrogen) atoms. The summed E-state index contributed by atoms with van der Waals surface area (Å²) in [7, 11) is 0. The lowest BCUT2D eigenvalue weighted by atomic mass is 9.83. The number of carbonyl (C=O) groups is 1. The van der Waals surface area contributed by atoms with Gasteiger partial charge in [0.2, 0.25) is 5.36 Å². The van der Waals surface area contributed by atoms with Crippen molar-refractivity contribution < 1.29 is 14.3 Å². The van der Waals surface area contributed by atoms with E-state index in [0.717, 1.165) is 59.3 Å². The second-order valence-electron chi connectivity index (χ2n) is 14.6. The molecule has 1 fully saturated rings. The Labute approximate surface area is 273 Å². The van der Waals surface area contributed by atoms with Crippen LogP contribution < -0.4 is 24.8 Å². The second-order valence-corrected chi connectivity index (χ2v) is 14.6. The Morgan fingerprint density at radius 3 is 2.35 bits per heavy atom. The summed E-state index contributed by atoms with van der Waals surface area (Å²) in [5, 5.41) is 2.18. The minimum absolute atomic E-state index is 0.119. The number of likely N-dealkylation sites (N-methyl/N-ethyl adjacent to an activating group) is 2. The van der Waals surface area contributed by atoms with Crippen molar-refractivity contribution >= 4 is 28.4 Å². The molecule has 0 unspecified atom stereocenters. The summed E-state index contributed by atoms with van der Waals surface area (Å²) in [6.45, 7) is 20.1. The highest BCUT2D eigenvalue weighted by Gasteiger charge is 2.36. The molecular formula is C41H47N2O3+. The van der Waals surface area contributed by atoms with Gasteiger partial charge < -0.3 is 14.4 Å². The van der Waals surface area contributed by atoms with Crippen molar-refractivity contribution in [3.05, 3.63) is 99.1 Å². The summed E-state index contributed by atoms with van der Waals surface area (Å²) in [4.78, 5) is 16.2. The molecule has 3 aromatic carbocycles. The molecule has 0 aromatic heterocycles. The zero-order valence-corrected chi connectivity index (χ0v) is 28.7. The zero-order valence-electron chi connectivity index (χ0n) is 28.7. The SMILES string of the molecule is CCN1c2cc3c(cc2C(C)=CC1(C)C)C(c1ccccc1C(=O)OCC1CCC1)=c1cc2c(cc1O3)=[N+](CC)C(C)(C)C=C2C. The Bertz CT molecular complexity index is 1970. The molecule has 0 amide bonds. The number of fused-ring (bicyclic) bond motifs is 4. The number of esters is 1. The number of rotatable bonds is 6. The molecule has 3 aromatic rings. The maximum atomic E-state index is 13.8. The monoisotopic (exact) mass is 615 g/mol. The van der Waals surface area contributed by atoms with Crippen molar-refractivity contribution in [2.24, 2.45) is 5.92 Å². The Hall–Kier alpha value is -4.12. The van der Waals surface area contributed by atoms with Gasteiger partial charge in [-0.3, -0.25) is 0 Å². The molecule has 4 aliphatic rings. The van der Waals surface area contributed by atoms with Gasteiger partial charge in [-0.2, -0.15) is 0 Å². The topological polar surface area (TPSA) is 41.8 Å². The van der Waals surface area contributed by atoms with E-state index in [1.165, 1.54) is 39.7 Å². The van der Waals surface area contributed by atoms with E-state index in [0.29, 0.717) is 18.1 Å². The van der Waals surface area contributed by atoms with Crippen LogP contribution in [-0.2, 0) is 4.74 Å². The first-order valence-corrected chi connectivity index (χ1v) is 17.1. The first-order valence-electron chi connectivity index (χ1n) is 17.1. The van der Waals surface area contributed by atoms with Crippen molar-refractivity contribution in [1.82, 2.24) is 4.58 Å². The summed E-state index contributed by atoms with van der Waals surface area (Å²) in [5.74, 6) is 1.85. The molecule has 0 atom stereocenters. The van der Waals surface area contributed by atoms with Crippen molar-refractivity contribution in [3.63, 3.8) is 0 Å². The Morgan fingerprint density at radius 1 is 0.913 bits per heavy atom. The van der Waals surface area contributed by atoms with Crippen LogP contribution in [-0.4, -0.2) is 36.7 Å². The Balaban J connectivity index is 1.53. The van der Waals surface area contributed by atoms with Crippen LogP contribution in [0.25, 0.3) is 16.7 Å². The fraction of sp³-hybridized carbons (Fsp3) is 0.415. The largest absolute Gasteiger partial charge is 0.462 e. The molecule has 1 saturated carbocycles. The lowest BCUT2D eigenvalue weighted by Crippen LogP contribution is -2.49. The average molecular weight is 616 g/mol. The molecule has 7 rings (SSSR count). The minimum Gasteiger partial charge on any atom is -0.462 e. The minimum atomic E-state index is -0.259. The second kappa shape index (κ2) is 11.0. The highest BCUT2D eigenvalue weighted by Crippen LogP contribution is 2.46. The lowest BCUT2D eigenvalue weighted by Gasteiger charge is -2.43. The molecule has 3 aliphatic heterocycles. The van der Waals surface area contributed by atoms with Gasteiger partial charge in [-0.05, 0) is 101 Å². The number of hydrogen-bond acceptors (Lipinski definition) is 4. The first-order chi connectivity index (χ1) is 21.9. The van der Waals surface area contributed by atoms with Crippen LogP contribution in [0.2, 0.25) is 0 Å². The van der Waals surface area contributed by atoms with Crippen molar-refractivity contribution in [2.75, 3.05) is 24.6 Å². The van der Waals surface area contributed by atoms with E-state index in [4.69, 9.17) is 9.47 Å². The van der Waals surface area contributed by atoms with E-state index >= 15 is 0 Å². The van der Waals surface area contributed by atoms with Crippen LogP contribution in [0.3, 0.4) is 0 Å². The van der Waals surface area contributed by atoms with E-state index in [1.807, 2.05) is 18.2 Å². The summed E-state index contributed by atoms with van der Waals surface area (Å²) < 4.78 is 15.3. The molecule has 0 bridgehead atoms. The van der Waals surface area contributed by atoms with E-state index in [1.54, 1.807) is 0 Å². The average Bonchev–Trinajstić information content (AvgIpc) is 2.97. The van der Waals surface area contributed by atoms with E-state index in [9.17, 15) is 4.79 Å². The number of ether oxygens (including phenoxy) is 2. The van der Waals surface area contributed by atoms with Gasteiger partial charge in [-0.1, -0.05) is 30.7 Å². The van der Waals surface area contributed by atoms with Gasteiger partial charge in [-0.15, -0.1) is 0 Å². The number of nitrogens with zero attached hydrogens (tertiary/aromatic N) is 2. The fourth-order valence-electron chi connectivity index (χ4n) is 8.29. The first kappa shape index (κ1) is 30.5.